The first kappa shape index (κ1) is 14.3. The van der Waals surface area contributed by atoms with E-state index in [1.54, 1.807) is 18.2 Å². The Bertz CT molecular complexity index is 399. The van der Waals surface area contributed by atoms with E-state index < -0.39 is 6.04 Å². The van der Waals surface area contributed by atoms with E-state index in [2.05, 4.69) is 11.9 Å². The topological polar surface area (TPSA) is 64.4 Å². The van der Waals surface area contributed by atoms with Crippen LogP contribution in [0.1, 0.15) is 20.3 Å². The van der Waals surface area contributed by atoms with Crippen LogP contribution in [-0.4, -0.2) is 18.1 Å². The van der Waals surface area contributed by atoms with Gasteiger partial charge in [0.25, 0.3) is 0 Å². The maximum atomic E-state index is 11.6. The summed E-state index contributed by atoms with van der Waals surface area (Å²) >= 11 is 0. The number of amides is 1. The summed E-state index contributed by atoms with van der Waals surface area (Å²) in [7, 11) is 0. The van der Waals surface area contributed by atoms with Crippen LogP contribution >= 0.6 is 0 Å². The van der Waals surface area contributed by atoms with E-state index in [0.29, 0.717) is 12.1 Å². The zero-order valence-corrected chi connectivity index (χ0v) is 10.8. The molecule has 0 aliphatic carbocycles. The minimum absolute atomic E-state index is 0.131. The first-order chi connectivity index (χ1) is 8.52. The molecule has 0 saturated heterocycles. The molecule has 0 fully saturated rings. The van der Waals surface area contributed by atoms with Crippen molar-refractivity contribution in [3.8, 4) is 5.75 Å². The molecule has 0 radical (unpaired) electrons. The van der Waals surface area contributed by atoms with Crippen molar-refractivity contribution in [2.24, 2.45) is 5.73 Å². The highest BCUT2D eigenvalue weighted by atomic mass is 16.5. The van der Waals surface area contributed by atoms with E-state index in [0.717, 1.165) is 5.75 Å². The minimum Gasteiger partial charge on any atom is -0.491 e. The molecule has 0 saturated carbocycles. The van der Waals surface area contributed by atoms with Gasteiger partial charge in [-0.2, -0.15) is 0 Å². The monoisotopic (exact) mass is 248 g/mol. The molecule has 0 spiro atoms. The lowest BCUT2D eigenvalue weighted by molar-refractivity contribution is -0.117. The van der Waals surface area contributed by atoms with E-state index >= 15 is 0 Å². The van der Waals surface area contributed by atoms with Gasteiger partial charge in [-0.05, 0) is 44.5 Å². The fraction of sp³-hybridized carbons (Fsp3) is 0.357. The lowest BCUT2D eigenvalue weighted by atomic mass is 10.2. The smallest absolute Gasteiger partial charge is 0.241 e. The fourth-order valence-corrected chi connectivity index (χ4v) is 1.41. The Morgan fingerprint density at radius 2 is 2.06 bits per heavy atom. The molecule has 0 aliphatic heterocycles. The average molecular weight is 248 g/mol. The van der Waals surface area contributed by atoms with E-state index in [1.165, 1.54) is 0 Å². The molecule has 0 aliphatic rings. The Hall–Kier alpha value is -1.81. The van der Waals surface area contributed by atoms with Gasteiger partial charge in [0.1, 0.15) is 5.75 Å². The zero-order valence-electron chi connectivity index (χ0n) is 10.8. The van der Waals surface area contributed by atoms with Gasteiger partial charge in [-0.3, -0.25) is 4.79 Å². The summed E-state index contributed by atoms with van der Waals surface area (Å²) in [6.45, 7) is 7.48. The van der Waals surface area contributed by atoms with Crippen LogP contribution in [0.2, 0.25) is 0 Å². The van der Waals surface area contributed by atoms with Gasteiger partial charge in [0.15, 0.2) is 0 Å². The Kier molecular flexibility index (Phi) is 5.39. The second kappa shape index (κ2) is 6.81. The minimum atomic E-state index is -0.561. The van der Waals surface area contributed by atoms with Crippen LogP contribution in [0.15, 0.2) is 36.9 Å². The summed E-state index contributed by atoms with van der Waals surface area (Å²) in [6.07, 6.45) is 2.22. The van der Waals surface area contributed by atoms with Crippen molar-refractivity contribution >= 4 is 11.6 Å². The number of nitrogens with two attached hydrogens (primary N) is 1. The molecule has 0 bridgehead atoms. The van der Waals surface area contributed by atoms with E-state index in [9.17, 15) is 4.79 Å². The predicted octanol–water partition coefficient (Wildman–Crippen LogP) is 2.32. The molecule has 0 heterocycles. The van der Waals surface area contributed by atoms with Gasteiger partial charge in [-0.1, -0.05) is 6.08 Å². The molecule has 4 nitrogen and oxygen atoms in total. The molecule has 1 atom stereocenters. The maximum Gasteiger partial charge on any atom is 0.241 e. The Balaban J connectivity index is 2.58. The molecule has 3 N–H and O–H groups in total. The van der Waals surface area contributed by atoms with Crippen molar-refractivity contribution in [3.63, 3.8) is 0 Å². The third-order valence-corrected chi connectivity index (χ3v) is 2.25. The second-order valence-electron chi connectivity index (χ2n) is 4.31. The molecule has 98 valence electrons. The molecule has 1 unspecified atom stereocenters. The molecular weight excluding hydrogens is 228 g/mol. The number of carbonyl (C=O) groups is 1. The largest absolute Gasteiger partial charge is 0.491 e. The third kappa shape index (κ3) is 4.59. The summed E-state index contributed by atoms with van der Waals surface area (Å²) in [6, 6.07) is 6.64. The van der Waals surface area contributed by atoms with Crippen molar-refractivity contribution in [2.45, 2.75) is 32.4 Å². The summed E-state index contributed by atoms with van der Waals surface area (Å²) in [5, 5.41) is 2.74. The normalized spacial score (nSPS) is 12.0. The highest BCUT2D eigenvalue weighted by molar-refractivity contribution is 5.94. The third-order valence-electron chi connectivity index (χ3n) is 2.25. The number of anilines is 1. The molecular formula is C14H20N2O2. The first-order valence-corrected chi connectivity index (χ1v) is 5.97. The van der Waals surface area contributed by atoms with Crippen LogP contribution in [0.25, 0.3) is 0 Å². The summed E-state index contributed by atoms with van der Waals surface area (Å²) in [5.74, 6) is 0.561. The second-order valence-corrected chi connectivity index (χ2v) is 4.31. The Labute approximate surface area is 108 Å². The zero-order chi connectivity index (χ0) is 13.5. The SMILES string of the molecule is C=CCC(N)C(=O)Nc1ccc(OC(C)C)cc1. The van der Waals surface area contributed by atoms with Gasteiger partial charge in [0.2, 0.25) is 5.91 Å². The van der Waals surface area contributed by atoms with Crippen molar-refractivity contribution < 1.29 is 9.53 Å². The van der Waals surface area contributed by atoms with Crippen molar-refractivity contribution in [1.82, 2.24) is 0 Å². The average Bonchev–Trinajstić information content (AvgIpc) is 2.31. The quantitative estimate of drug-likeness (QED) is 0.759. The molecule has 18 heavy (non-hydrogen) atoms. The number of nitrogens with one attached hydrogen (secondary N) is 1. The highest BCUT2D eigenvalue weighted by Crippen LogP contribution is 2.17. The van der Waals surface area contributed by atoms with E-state index in [1.807, 2.05) is 26.0 Å². The number of benzene rings is 1. The Morgan fingerprint density at radius 3 is 2.56 bits per heavy atom. The van der Waals surface area contributed by atoms with Crippen molar-refractivity contribution in [3.05, 3.63) is 36.9 Å². The van der Waals surface area contributed by atoms with Gasteiger partial charge >= 0.3 is 0 Å². The number of rotatable bonds is 6. The fourth-order valence-electron chi connectivity index (χ4n) is 1.41. The standard InChI is InChI=1S/C14H20N2O2/c1-4-5-13(15)14(17)16-11-6-8-12(9-7-11)18-10(2)3/h4,6-10,13H,1,5,15H2,2-3H3,(H,16,17). The highest BCUT2D eigenvalue weighted by Gasteiger charge is 2.11. The summed E-state index contributed by atoms with van der Waals surface area (Å²) in [4.78, 5) is 11.6. The van der Waals surface area contributed by atoms with Crippen LogP contribution in [0.3, 0.4) is 0 Å². The van der Waals surface area contributed by atoms with E-state index in [-0.39, 0.29) is 12.0 Å². The number of hydrogen-bond donors (Lipinski definition) is 2. The first-order valence-electron chi connectivity index (χ1n) is 5.97. The lowest BCUT2D eigenvalue weighted by Gasteiger charge is -2.12. The van der Waals surface area contributed by atoms with Crippen LogP contribution < -0.4 is 15.8 Å². The van der Waals surface area contributed by atoms with Crippen LogP contribution in [0, 0.1) is 0 Å². The van der Waals surface area contributed by atoms with Crippen molar-refractivity contribution in [2.75, 3.05) is 5.32 Å². The number of carbonyl (C=O) groups excluding carboxylic acids is 1. The Morgan fingerprint density at radius 1 is 1.44 bits per heavy atom. The molecule has 4 heteroatoms. The van der Waals surface area contributed by atoms with Gasteiger partial charge in [0, 0.05) is 5.69 Å². The summed E-state index contributed by atoms with van der Waals surface area (Å²) in [5.41, 5.74) is 6.37. The maximum absolute atomic E-state index is 11.6. The molecule has 0 aromatic heterocycles. The van der Waals surface area contributed by atoms with Gasteiger partial charge in [0.05, 0.1) is 12.1 Å². The summed E-state index contributed by atoms with van der Waals surface area (Å²) < 4.78 is 5.51. The molecule has 1 amide bonds. The van der Waals surface area contributed by atoms with Crippen LogP contribution in [-0.2, 0) is 4.79 Å². The molecule has 1 aromatic rings. The predicted molar refractivity (Wildman–Crippen MR) is 73.6 cm³/mol. The van der Waals surface area contributed by atoms with Gasteiger partial charge in [-0.15, -0.1) is 6.58 Å². The van der Waals surface area contributed by atoms with Gasteiger partial charge < -0.3 is 15.8 Å². The van der Waals surface area contributed by atoms with Crippen molar-refractivity contribution in [1.29, 1.82) is 0 Å². The number of hydrogen-bond acceptors (Lipinski definition) is 3. The van der Waals surface area contributed by atoms with E-state index in [4.69, 9.17) is 10.5 Å². The lowest BCUT2D eigenvalue weighted by Crippen LogP contribution is -2.35. The molecule has 1 rings (SSSR count). The van der Waals surface area contributed by atoms with Crippen LogP contribution in [0.4, 0.5) is 5.69 Å². The van der Waals surface area contributed by atoms with Gasteiger partial charge in [-0.25, -0.2) is 0 Å². The van der Waals surface area contributed by atoms with Crippen LogP contribution in [0.5, 0.6) is 5.75 Å². The number of ether oxygens (including phenoxy) is 1. The molecule has 1 aromatic carbocycles.